The maximum absolute atomic E-state index is 12.6. The Morgan fingerprint density at radius 2 is 1.80 bits per heavy atom. The van der Waals surface area contributed by atoms with Crippen LogP contribution in [0, 0.1) is 0 Å². The van der Waals surface area contributed by atoms with E-state index in [9.17, 15) is 18.0 Å². The summed E-state index contributed by atoms with van der Waals surface area (Å²) < 4.78 is 37.8. The third kappa shape index (κ3) is 3.99. The number of nitrogens with zero attached hydrogens (tertiary/aromatic N) is 4. The standard InChI is InChI=1S/C14H11Cl2F3N4OS/c15-8-1-2-9(10(16)7-8)11(24)22-3-5-23(6-4-22)13-21-20-12(25-13)14(17,18)19/h1-2,7H,3-6H2. The van der Waals surface area contributed by atoms with Crippen molar-refractivity contribution in [2.75, 3.05) is 31.1 Å². The molecule has 1 amide bonds. The molecule has 0 spiro atoms. The van der Waals surface area contributed by atoms with Gasteiger partial charge in [-0.25, -0.2) is 0 Å². The van der Waals surface area contributed by atoms with Crippen LogP contribution in [-0.2, 0) is 6.18 Å². The van der Waals surface area contributed by atoms with E-state index >= 15 is 0 Å². The van der Waals surface area contributed by atoms with Crippen LogP contribution in [0.15, 0.2) is 18.2 Å². The zero-order valence-electron chi connectivity index (χ0n) is 12.6. The molecular weight excluding hydrogens is 400 g/mol. The molecule has 2 aromatic rings. The van der Waals surface area contributed by atoms with Crippen LogP contribution in [0.5, 0.6) is 0 Å². The van der Waals surface area contributed by atoms with Crippen molar-refractivity contribution in [3.63, 3.8) is 0 Å². The predicted molar refractivity (Wildman–Crippen MR) is 89.5 cm³/mol. The van der Waals surface area contributed by atoms with E-state index in [1.807, 2.05) is 0 Å². The first-order chi connectivity index (χ1) is 11.8. The molecule has 2 heterocycles. The van der Waals surface area contributed by atoms with Crippen LogP contribution in [0.4, 0.5) is 18.3 Å². The van der Waals surface area contributed by atoms with Gasteiger partial charge in [0.05, 0.1) is 10.6 Å². The number of rotatable bonds is 2. The van der Waals surface area contributed by atoms with E-state index in [1.165, 1.54) is 6.07 Å². The highest BCUT2D eigenvalue weighted by Crippen LogP contribution is 2.34. The Hall–Kier alpha value is -1.58. The molecule has 134 valence electrons. The largest absolute Gasteiger partial charge is 0.445 e. The van der Waals surface area contributed by atoms with Crippen LogP contribution in [-0.4, -0.2) is 47.2 Å². The first-order valence-corrected chi connectivity index (χ1v) is 8.73. The van der Waals surface area contributed by atoms with Crippen LogP contribution in [0.1, 0.15) is 15.4 Å². The van der Waals surface area contributed by atoms with E-state index in [-0.39, 0.29) is 16.1 Å². The molecule has 11 heteroatoms. The monoisotopic (exact) mass is 410 g/mol. The van der Waals surface area contributed by atoms with Crippen molar-refractivity contribution in [3.05, 3.63) is 38.8 Å². The van der Waals surface area contributed by atoms with Gasteiger partial charge in [0.15, 0.2) is 0 Å². The zero-order valence-corrected chi connectivity index (χ0v) is 14.9. The average molecular weight is 411 g/mol. The van der Waals surface area contributed by atoms with Crippen molar-refractivity contribution in [1.29, 1.82) is 0 Å². The quantitative estimate of drug-likeness (QED) is 0.754. The van der Waals surface area contributed by atoms with Gasteiger partial charge in [-0.3, -0.25) is 4.79 Å². The molecule has 3 rings (SSSR count). The summed E-state index contributed by atoms with van der Waals surface area (Å²) in [7, 11) is 0. The smallest absolute Gasteiger partial charge is 0.343 e. The summed E-state index contributed by atoms with van der Waals surface area (Å²) in [6.45, 7) is 1.42. The molecule has 0 saturated carbocycles. The van der Waals surface area contributed by atoms with Crippen molar-refractivity contribution >= 4 is 45.6 Å². The van der Waals surface area contributed by atoms with E-state index in [2.05, 4.69) is 10.2 Å². The summed E-state index contributed by atoms with van der Waals surface area (Å²) in [6, 6.07) is 4.63. The second-order valence-electron chi connectivity index (χ2n) is 5.29. The molecule has 0 unspecified atom stereocenters. The molecule has 25 heavy (non-hydrogen) atoms. The number of alkyl halides is 3. The molecule has 1 fully saturated rings. The number of hydrogen-bond acceptors (Lipinski definition) is 5. The molecule has 0 atom stereocenters. The molecule has 0 bridgehead atoms. The molecular formula is C14H11Cl2F3N4OS. The molecule has 1 aliphatic heterocycles. The number of aromatic nitrogens is 2. The fraction of sp³-hybridized carbons (Fsp3) is 0.357. The number of carbonyl (C=O) groups is 1. The van der Waals surface area contributed by atoms with Crippen LogP contribution < -0.4 is 4.90 Å². The van der Waals surface area contributed by atoms with Gasteiger partial charge in [-0.15, -0.1) is 10.2 Å². The lowest BCUT2D eigenvalue weighted by atomic mass is 10.2. The topological polar surface area (TPSA) is 49.3 Å². The minimum atomic E-state index is -4.50. The van der Waals surface area contributed by atoms with E-state index in [0.29, 0.717) is 48.1 Å². The van der Waals surface area contributed by atoms with Gasteiger partial charge >= 0.3 is 6.18 Å². The van der Waals surface area contributed by atoms with Crippen LogP contribution in [0.25, 0.3) is 0 Å². The van der Waals surface area contributed by atoms with Crippen molar-refractivity contribution in [2.45, 2.75) is 6.18 Å². The second kappa shape index (κ2) is 6.97. The Morgan fingerprint density at radius 1 is 1.12 bits per heavy atom. The van der Waals surface area contributed by atoms with Gasteiger partial charge in [0, 0.05) is 31.2 Å². The highest BCUT2D eigenvalue weighted by molar-refractivity contribution is 7.15. The first kappa shape index (κ1) is 18.2. The highest BCUT2D eigenvalue weighted by atomic mass is 35.5. The van der Waals surface area contributed by atoms with Gasteiger partial charge in [-0.05, 0) is 18.2 Å². The minimum absolute atomic E-state index is 0.198. The van der Waals surface area contributed by atoms with Crippen molar-refractivity contribution in [1.82, 2.24) is 15.1 Å². The summed E-state index contributed by atoms with van der Waals surface area (Å²) >= 11 is 12.4. The SMILES string of the molecule is O=C(c1ccc(Cl)cc1Cl)N1CCN(c2nnc(C(F)(F)F)s2)CC1. The van der Waals surface area contributed by atoms with Gasteiger partial charge in [0.25, 0.3) is 5.91 Å². The molecule has 1 aromatic carbocycles. The molecule has 0 aliphatic carbocycles. The van der Waals surface area contributed by atoms with E-state index in [1.54, 1.807) is 21.9 Å². The predicted octanol–water partition coefficient (Wildman–Crippen LogP) is 3.83. The number of piperazine rings is 1. The van der Waals surface area contributed by atoms with E-state index in [0.717, 1.165) is 0 Å². The van der Waals surface area contributed by atoms with Crippen molar-refractivity contribution in [2.24, 2.45) is 0 Å². The maximum atomic E-state index is 12.6. The molecule has 1 saturated heterocycles. The minimum Gasteiger partial charge on any atom is -0.343 e. The van der Waals surface area contributed by atoms with Gasteiger partial charge in [-0.1, -0.05) is 34.5 Å². The molecule has 1 aromatic heterocycles. The third-order valence-corrected chi connectivity index (χ3v) is 5.23. The van der Waals surface area contributed by atoms with E-state index < -0.39 is 11.2 Å². The molecule has 1 aliphatic rings. The summed E-state index contributed by atoms with van der Waals surface area (Å²) in [4.78, 5) is 15.8. The zero-order chi connectivity index (χ0) is 18.2. The Kier molecular flexibility index (Phi) is 5.08. The second-order valence-corrected chi connectivity index (χ2v) is 7.09. The number of benzene rings is 1. The average Bonchev–Trinajstić information content (AvgIpc) is 3.05. The number of anilines is 1. The van der Waals surface area contributed by atoms with E-state index in [4.69, 9.17) is 23.2 Å². The summed E-state index contributed by atoms with van der Waals surface area (Å²) in [5.74, 6) is -0.241. The van der Waals surface area contributed by atoms with Gasteiger partial charge < -0.3 is 9.80 Å². The lowest BCUT2D eigenvalue weighted by Gasteiger charge is -2.34. The summed E-state index contributed by atoms with van der Waals surface area (Å²) in [5, 5.41) is 6.69. The van der Waals surface area contributed by atoms with Crippen LogP contribution >= 0.6 is 34.5 Å². The normalized spacial score (nSPS) is 15.6. The number of hydrogen-bond donors (Lipinski definition) is 0. The Bertz CT molecular complexity index is 791. The fourth-order valence-electron chi connectivity index (χ4n) is 2.39. The molecule has 0 N–H and O–H groups in total. The van der Waals surface area contributed by atoms with Crippen molar-refractivity contribution < 1.29 is 18.0 Å². The summed E-state index contributed by atoms with van der Waals surface area (Å²) in [5.41, 5.74) is 0.342. The lowest BCUT2D eigenvalue weighted by molar-refractivity contribution is -0.138. The van der Waals surface area contributed by atoms with Gasteiger partial charge in [-0.2, -0.15) is 13.2 Å². The van der Waals surface area contributed by atoms with Crippen molar-refractivity contribution in [3.8, 4) is 0 Å². The highest BCUT2D eigenvalue weighted by Gasteiger charge is 2.36. The fourth-order valence-corrected chi connectivity index (χ4v) is 3.64. The number of amides is 1. The lowest BCUT2D eigenvalue weighted by Crippen LogP contribution is -2.48. The summed E-state index contributed by atoms with van der Waals surface area (Å²) in [6.07, 6.45) is -4.50. The Morgan fingerprint density at radius 3 is 2.36 bits per heavy atom. The maximum Gasteiger partial charge on any atom is 0.445 e. The number of carbonyl (C=O) groups excluding carboxylic acids is 1. The Balaban J connectivity index is 1.65. The van der Waals surface area contributed by atoms with Crippen LogP contribution in [0.2, 0.25) is 10.0 Å². The molecule has 0 radical (unpaired) electrons. The third-order valence-electron chi connectivity index (χ3n) is 3.66. The molecule has 5 nitrogen and oxygen atoms in total. The first-order valence-electron chi connectivity index (χ1n) is 7.15. The van der Waals surface area contributed by atoms with Gasteiger partial charge in [0.1, 0.15) is 0 Å². The number of halogens is 5. The van der Waals surface area contributed by atoms with Crippen LogP contribution in [0.3, 0.4) is 0 Å². The van der Waals surface area contributed by atoms with Gasteiger partial charge in [0.2, 0.25) is 10.1 Å². The Labute approximate surface area is 155 Å².